The highest BCUT2D eigenvalue weighted by molar-refractivity contribution is 7.89. The van der Waals surface area contributed by atoms with Gasteiger partial charge in [-0.2, -0.15) is 27.7 Å². The second-order valence-electron chi connectivity index (χ2n) is 7.62. The van der Waals surface area contributed by atoms with Crippen molar-refractivity contribution >= 4 is 15.8 Å². The second-order valence-corrected chi connectivity index (χ2v) is 9.56. The third-order valence-corrected chi connectivity index (χ3v) is 7.36. The first-order valence-electron chi connectivity index (χ1n) is 9.55. The molecule has 0 radical (unpaired) electrons. The molecule has 0 saturated carbocycles. The minimum Gasteiger partial charge on any atom is -0.368 e. The molecule has 4 heterocycles. The molecule has 2 aliphatic heterocycles. The molecule has 0 aliphatic carbocycles. The third kappa shape index (κ3) is 3.63. The van der Waals surface area contributed by atoms with Crippen LogP contribution in [0.25, 0.3) is 0 Å². The molecule has 1 fully saturated rings. The second kappa shape index (κ2) is 7.01. The maximum absolute atomic E-state index is 13.4. The molecule has 12 heteroatoms. The van der Waals surface area contributed by atoms with Crippen LogP contribution in [0.2, 0.25) is 0 Å². The number of halogens is 3. The molecular formula is C17H23F3N6O2S. The Kier molecular flexibility index (Phi) is 4.88. The van der Waals surface area contributed by atoms with Gasteiger partial charge in [0.05, 0.1) is 11.9 Å². The summed E-state index contributed by atoms with van der Waals surface area (Å²) < 4.78 is 69.9. The van der Waals surface area contributed by atoms with Crippen LogP contribution in [0.4, 0.5) is 19.0 Å². The van der Waals surface area contributed by atoms with E-state index in [1.807, 2.05) is 6.92 Å². The Morgan fingerprint density at radius 2 is 2.10 bits per heavy atom. The van der Waals surface area contributed by atoms with Crippen LogP contribution in [0.3, 0.4) is 0 Å². The van der Waals surface area contributed by atoms with Gasteiger partial charge in [-0.25, -0.2) is 13.1 Å². The minimum atomic E-state index is -4.39. The first kappa shape index (κ1) is 20.2. The summed E-state index contributed by atoms with van der Waals surface area (Å²) in [7, 11) is -3.69. The Bertz CT molecular complexity index is 999. The molecule has 0 bridgehead atoms. The number of nitrogens with zero attached hydrogens (tertiary/aromatic N) is 5. The number of hydrogen-bond acceptors (Lipinski definition) is 5. The monoisotopic (exact) mass is 432 g/mol. The lowest BCUT2D eigenvalue weighted by atomic mass is 10.0. The summed E-state index contributed by atoms with van der Waals surface area (Å²) in [4.78, 5) is 0.122. The van der Waals surface area contributed by atoms with Gasteiger partial charge in [-0.05, 0) is 26.7 Å². The lowest BCUT2D eigenvalue weighted by Gasteiger charge is -2.31. The van der Waals surface area contributed by atoms with E-state index in [9.17, 15) is 21.6 Å². The Morgan fingerprint density at radius 3 is 2.76 bits per heavy atom. The molecule has 0 aromatic carbocycles. The van der Waals surface area contributed by atoms with Gasteiger partial charge >= 0.3 is 6.18 Å². The molecule has 160 valence electrons. The number of aryl methyl sites for hydroxylation is 1. The molecule has 2 aromatic rings. The van der Waals surface area contributed by atoms with E-state index < -0.39 is 22.2 Å². The van der Waals surface area contributed by atoms with Gasteiger partial charge in [0, 0.05) is 43.9 Å². The number of hydrogen-bond donors (Lipinski definition) is 1. The van der Waals surface area contributed by atoms with Gasteiger partial charge in [-0.1, -0.05) is 0 Å². The van der Waals surface area contributed by atoms with Gasteiger partial charge in [0.1, 0.15) is 10.7 Å². The van der Waals surface area contributed by atoms with Gasteiger partial charge in [0.15, 0.2) is 6.04 Å². The Labute approximate surface area is 166 Å². The van der Waals surface area contributed by atoms with E-state index in [1.54, 1.807) is 13.0 Å². The first-order chi connectivity index (χ1) is 13.6. The average molecular weight is 432 g/mol. The number of nitrogens with one attached hydrogen (secondary N) is 1. The third-order valence-electron chi connectivity index (χ3n) is 5.54. The largest absolute Gasteiger partial charge is 0.410 e. The van der Waals surface area contributed by atoms with E-state index in [-0.39, 0.29) is 29.8 Å². The van der Waals surface area contributed by atoms with Crippen molar-refractivity contribution in [2.24, 2.45) is 0 Å². The van der Waals surface area contributed by atoms with Crippen molar-refractivity contribution in [3.63, 3.8) is 0 Å². The fourth-order valence-electron chi connectivity index (χ4n) is 3.96. The molecule has 2 aliphatic rings. The van der Waals surface area contributed by atoms with Crippen molar-refractivity contribution in [2.75, 3.05) is 18.4 Å². The summed E-state index contributed by atoms with van der Waals surface area (Å²) in [6, 6.07) is -0.387. The van der Waals surface area contributed by atoms with Crippen molar-refractivity contribution in [3.8, 4) is 0 Å². The quantitative estimate of drug-likeness (QED) is 0.803. The molecule has 0 unspecified atom stereocenters. The highest BCUT2D eigenvalue weighted by Crippen LogP contribution is 2.41. The Morgan fingerprint density at radius 1 is 1.34 bits per heavy atom. The predicted molar refractivity (Wildman–Crippen MR) is 99.0 cm³/mol. The Hall–Kier alpha value is -2.08. The molecule has 29 heavy (non-hydrogen) atoms. The highest BCUT2D eigenvalue weighted by Gasteiger charge is 2.46. The number of fused-ring (bicyclic) bond motifs is 1. The van der Waals surface area contributed by atoms with Gasteiger partial charge in [0.25, 0.3) is 0 Å². The smallest absolute Gasteiger partial charge is 0.368 e. The van der Waals surface area contributed by atoms with E-state index >= 15 is 0 Å². The van der Waals surface area contributed by atoms with Crippen molar-refractivity contribution in [2.45, 2.75) is 62.3 Å². The van der Waals surface area contributed by atoms with E-state index in [0.717, 1.165) is 4.68 Å². The van der Waals surface area contributed by atoms with Crippen LogP contribution in [0, 0.1) is 0 Å². The molecule has 3 atom stereocenters. The van der Waals surface area contributed by atoms with Crippen molar-refractivity contribution in [1.82, 2.24) is 23.9 Å². The number of rotatable bonds is 4. The number of sulfonamides is 1. The van der Waals surface area contributed by atoms with E-state index in [0.29, 0.717) is 31.0 Å². The summed E-state index contributed by atoms with van der Waals surface area (Å²) in [6.07, 6.45) is -1.18. The maximum Gasteiger partial charge on any atom is 0.410 e. The molecule has 4 rings (SSSR count). The summed E-state index contributed by atoms with van der Waals surface area (Å²) in [5.41, 5.74) is 0.484. The standard InChI is InChI=1S/C17H23F3N6O2S/c1-3-24-10-13(8-21-24)29(27,28)25-5-4-12(9-25)14-7-16-22-11(2)6-15(17(18,19)20)26(16)23-14/h7-8,10-12,15,22H,3-6,9H2,1-2H3/t11-,12-,15-/m1/s1. The van der Waals surface area contributed by atoms with Gasteiger partial charge in [-0.3, -0.25) is 4.68 Å². The molecule has 2 aromatic heterocycles. The molecular weight excluding hydrogens is 409 g/mol. The minimum absolute atomic E-state index is 0.0930. The van der Waals surface area contributed by atoms with Crippen molar-refractivity contribution in [1.29, 1.82) is 0 Å². The van der Waals surface area contributed by atoms with Crippen LogP contribution in [0.1, 0.15) is 44.3 Å². The van der Waals surface area contributed by atoms with Gasteiger partial charge in [0.2, 0.25) is 10.0 Å². The summed E-state index contributed by atoms with van der Waals surface area (Å²) in [6.45, 7) is 4.60. The SMILES string of the molecule is CCn1cc(S(=O)(=O)N2CC[C@@H](c3cc4n(n3)[C@@H](C(F)(F)F)C[C@@H](C)N4)C2)cn1. The molecule has 0 spiro atoms. The van der Waals surface area contributed by atoms with Crippen LogP contribution in [0.15, 0.2) is 23.4 Å². The van der Waals surface area contributed by atoms with Crippen molar-refractivity contribution < 1.29 is 21.6 Å². The zero-order valence-electron chi connectivity index (χ0n) is 16.1. The Balaban J connectivity index is 1.56. The van der Waals surface area contributed by atoms with Crippen molar-refractivity contribution in [3.05, 3.63) is 24.2 Å². The van der Waals surface area contributed by atoms with Crippen LogP contribution in [0.5, 0.6) is 0 Å². The number of aromatic nitrogens is 4. The normalized spacial score (nSPS) is 25.8. The fourth-order valence-corrected chi connectivity index (χ4v) is 5.42. The number of alkyl halides is 3. The first-order valence-corrected chi connectivity index (χ1v) is 11.0. The fraction of sp³-hybridized carbons (Fsp3) is 0.647. The summed E-state index contributed by atoms with van der Waals surface area (Å²) in [5, 5.41) is 11.3. The van der Waals surface area contributed by atoms with E-state index in [1.165, 1.54) is 21.4 Å². The molecule has 1 saturated heterocycles. The molecule has 1 N–H and O–H groups in total. The van der Waals surface area contributed by atoms with Crippen LogP contribution < -0.4 is 5.32 Å². The van der Waals surface area contributed by atoms with Gasteiger partial charge < -0.3 is 5.32 Å². The zero-order chi connectivity index (χ0) is 21.0. The molecule has 0 amide bonds. The number of anilines is 1. The summed E-state index contributed by atoms with van der Waals surface area (Å²) >= 11 is 0. The maximum atomic E-state index is 13.4. The topological polar surface area (TPSA) is 85.0 Å². The lowest BCUT2D eigenvalue weighted by Crippen LogP contribution is -2.37. The van der Waals surface area contributed by atoms with Crippen LogP contribution in [-0.4, -0.2) is 57.6 Å². The van der Waals surface area contributed by atoms with Crippen LogP contribution >= 0.6 is 0 Å². The van der Waals surface area contributed by atoms with Crippen LogP contribution in [-0.2, 0) is 16.6 Å². The summed E-state index contributed by atoms with van der Waals surface area (Å²) in [5.74, 6) is 0.0710. The predicted octanol–water partition coefficient (Wildman–Crippen LogP) is 2.59. The zero-order valence-corrected chi connectivity index (χ0v) is 16.9. The average Bonchev–Trinajstić information content (AvgIpc) is 3.37. The van der Waals surface area contributed by atoms with E-state index in [2.05, 4.69) is 15.5 Å². The van der Waals surface area contributed by atoms with Gasteiger partial charge in [-0.15, -0.1) is 0 Å². The highest BCUT2D eigenvalue weighted by atomic mass is 32.2. The van der Waals surface area contributed by atoms with E-state index in [4.69, 9.17) is 0 Å². The lowest BCUT2D eigenvalue weighted by molar-refractivity contribution is -0.173. The molecule has 8 nitrogen and oxygen atoms in total.